The van der Waals surface area contributed by atoms with Crippen molar-refractivity contribution in [3.63, 3.8) is 0 Å². The predicted octanol–water partition coefficient (Wildman–Crippen LogP) is 1.05. The highest BCUT2D eigenvalue weighted by Crippen LogP contribution is 1.83. The summed E-state index contributed by atoms with van der Waals surface area (Å²) < 4.78 is 11.9. The zero-order chi connectivity index (χ0) is 5.82. The molecule has 0 amide bonds. The van der Waals surface area contributed by atoms with Crippen molar-refractivity contribution < 1.29 is 5.85 Å². The lowest BCUT2D eigenvalue weighted by atomic mass is 10.5. The summed E-state index contributed by atoms with van der Waals surface area (Å²) in [5.41, 5.74) is 0. The lowest BCUT2D eigenvalue weighted by Crippen LogP contribution is -2.16. The van der Waals surface area contributed by atoms with Gasteiger partial charge in [-0.15, -0.1) is 2.78 Å². The Kier molecular flexibility index (Phi) is 2.08. The summed E-state index contributed by atoms with van der Waals surface area (Å²) in [4.78, 5) is 0. The van der Waals surface area contributed by atoms with Crippen molar-refractivity contribution in [3.05, 3.63) is 30.6 Å². The summed E-state index contributed by atoms with van der Waals surface area (Å²) >= 11 is -1.02. The Hall–Kier alpha value is -0.320. The SMILES string of the molecule is O=I[n+]1ccccc1. The molecule has 0 aliphatic heterocycles. The van der Waals surface area contributed by atoms with Crippen LogP contribution in [0.15, 0.2) is 30.6 Å². The second-order valence-electron chi connectivity index (χ2n) is 1.29. The van der Waals surface area contributed by atoms with Gasteiger partial charge in [-0.1, -0.05) is 6.07 Å². The van der Waals surface area contributed by atoms with E-state index in [1.54, 1.807) is 15.2 Å². The molecule has 0 N–H and O–H groups in total. The molecule has 3 heteroatoms. The van der Waals surface area contributed by atoms with Crippen LogP contribution in [0.3, 0.4) is 0 Å². The maximum absolute atomic E-state index is 10.2. The molecule has 0 spiro atoms. The monoisotopic (exact) mass is 222 g/mol. The van der Waals surface area contributed by atoms with Gasteiger partial charge in [0.25, 0.3) is 0 Å². The fraction of sp³-hybridized carbons (Fsp3) is 0. The number of aromatic nitrogens is 1. The number of nitrogens with zero attached hydrogens (tertiary/aromatic N) is 1. The predicted molar refractivity (Wildman–Crippen MR) is 36.7 cm³/mol. The van der Waals surface area contributed by atoms with Crippen molar-refractivity contribution in [2.75, 3.05) is 0 Å². The highest BCUT2D eigenvalue weighted by molar-refractivity contribution is 14.1. The molecule has 0 radical (unpaired) electrons. The van der Waals surface area contributed by atoms with Crippen LogP contribution < -0.4 is 2.78 Å². The zero-order valence-electron chi connectivity index (χ0n) is 4.12. The first-order chi connectivity index (χ1) is 3.93. The molecule has 0 aliphatic carbocycles. The Morgan fingerprint density at radius 3 is 2.12 bits per heavy atom. The van der Waals surface area contributed by atoms with Crippen molar-refractivity contribution in [2.24, 2.45) is 0 Å². The summed E-state index contributed by atoms with van der Waals surface area (Å²) in [7, 11) is 0. The minimum absolute atomic E-state index is 1.02. The second kappa shape index (κ2) is 2.86. The molecule has 0 aliphatic rings. The lowest BCUT2D eigenvalue weighted by Gasteiger charge is -1.74. The van der Waals surface area contributed by atoms with Gasteiger partial charge in [-0.05, 0) is 0 Å². The molecule has 0 atom stereocenters. The van der Waals surface area contributed by atoms with Crippen molar-refractivity contribution in [1.82, 2.24) is 0 Å². The average Bonchev–Trinajstić information content (AvgIpc) is 1.90. The molecule has 8 heavy (non-hydrogen) atoms. The van der Waals surface area contributed by atoms with Gasteiger partial charge < -0.3 is 0 Å². The van der Waals surface area contributed by atoms with Gasteiger partial charge in [0.05, 0.1) is 0 Å². The normalized spacial score (nSPS) is 9.00. The fourth-order valence-electron chi connectivity index (χ4n) is 0.424. The van der Waals surface area contributed by atoms with Crippen LogP contribution in [0, 0.1) is 0 Å². The average molecular weight is 222 g/mol. The minimum atomic E-state index is -1.02. The second-order valence-corrected chi connectivity index (χ2v) is 2.80. The van der Waals surface area contributed by atoms with Gasteiger partial charge in [-0.2, -0.15) is 3.07 Å². The van der Waals surface area contributed by atoms with Crippen molar-refractivity contribution in [2.45, 2.75) is 0 Å². The Morgan fingerprint density at radius 1 is 1.12 bits per heavy atom. The molecule has 0 aromatic carbocycles. The van der Waals surface area contributed by atoms with Gasteiger partial charge in [-0.3, -0.25) is 0 Å². The third-order valence-corrected chi connectivity index (χ3v) is 1.86. The minimum Gasteiger partial charge on any atom is -0.188 e. The first-order valence-corrected chi connectivity index (χ1v) is 4.02. The van der Waals surface area contributed by atoms with Crippen LogP contribution in [0.25, 0.3) is 0 Å². The summed E-state index contributed by atoms with van der Waals surface area (Å²) in [6, 6.07) is 5.62. The van der Waals surface area contributed by atoms with Gasteiger partial charge in [-0.25, -0.2) is 0 Å². The standard InChI is InChI=1S/C5H5INO/c8-6-7-4-2-1-3-5-7/h1-5H/q+1. The van der Waals surface area contributed by atoms with Crippen molar-refractivity contribution in [1.29, 1.82) is 0 Å². The number of hydrogen-bond acceptors (Lipinski definition) is 1. The zero-order valence-corrected chi connectivity index (χ0v) is 6.28. The van der Waals surface area contributed by atoms with E-state index in [9.17, 15) is 3.07 Å². The third kappa shape index (κ3) is 1.33. The maximum Gasteiger partial charge on any atom is 0.512 e. The Morgan fingerprint density at radius 2 is 1.75 bits per heavy atom. The summed E-state index contributed by atoms with van der Waals surface area (Å²) in [6.45, 7) is 0. The van der Waals surface area contributed by atoms with Crippen LogP contribution in [0.2, 0.25) is 0 Å². The molecule has 1 heterocycles. The molecule has 42 valence electrons. The number of pyridine rings is 1. The van der Waals surface area contributed by atoms with Crippen LogP contribution in [0.1, 0.15) is 0 Å². The molecule has 1 aromatic rings. The molecule has 0 unspecified atom stereocenters. The van der Waals surface area contributed by atoms with E-state index in [1.165, 1.54) is 0 Å². The number of hydrogen-bond donors (Lipinski definition) is 0. The van der Waals surface area contributed by atoms with Gasteiger partial charge >= 0.3 is 21.5 Å². The van der Waals surface area contributed by atoms with Crippen LogP contribution in [-0.2, 0) is 3.07 Å². The molecule has 0 bridgehead atoms. The van der Waals surface area contributed by atoms with Gasteiger partial charge in [0, 0.05) is 12.1 Å². The Labute approximate surface area is 58.2 Å². The first kappa shape index (κ1) is 5.81. The molecule has 0 fully saturated rings. The molecule has 1 rings (SSSR count). The van der Waals surface area contributed by atoms with E-state index in [4.69, 9.17) is 0 Å². The largest absolute Gasteiger partial charge is 0.512 e. The maximum atomic E-state index is 10.2. The molecule has 0 saturated carbocycles. The summed E-state index contributed by atoms with van der Waals surface area (Å²) in [5.74, 6) is 0. The molecule has 2 nitrogen and oxygen atoms in total. The summed E-state index contributed by atoms with van der Waals surface area (Å²) in [6.07, 6.45) is 3.58. The van der Waals surface area contributed by atoms with Gasteiger partial charge in [0.2, 0.25) is 0 Å². The van der Waals surface area contributed by atoms with E-state index >= 15 is 0 Å². The van der Waals surface area contributed by atoms with Gasteiger partial charge in [0.15, 0.2) is 12.4 Å². The molecular weight excluding hydrogens is 217 g/mol. The fourth-order valence-corrected chi connectivity index (χ4v) is 1.06. The van der Waals surface area contributed by atoms with Gasteiger partial charge in [0.1, 0.15) is 0 Å². The summed E-state index contributed by atoms with van der Waals surface area (Å²) in [5, 5.41) is 0. The molecule has 0 saturated heterocycles. The molecular formula is C5H5INO+. The topological polar surface area (TPSA) is 20.9 Å². The van der Waals surface area contributed by atoms with E-state index in [2.05, 4.69) is 0 Å². The highest BCUT2D eigenvalue weighted by Gasteiger charge is 1.90. The third-order valence-electron chi connectivity index (χ3n) is 0.759. The Bertz CT molecular complexity index is 175. The van der Waals surface area contributed by atoms with Crippen LogP contribution in [0.5, 0.6) is 0 Å². The van der Waals surface area contributed by atoms with E-state index in [0.29, 0.717) is 0 Å². The van der Waals surface area contributed by atoms with E-state index < -0.39 is 21.5 Å². The van der Waals surface area contributed by atoms with Crippen LogP contribution >= 0.6 is 21.5 Å². The molecule has 1 aromatic heterocycles. The number of rotatable bonds is 1. The lowest BCUT2D eigenvalue weighted by molar-refractivity contribution is -0.442. The first-order valence-electron chi connectivity index (χ1n) is 2.17. The highest BCUT2D eigenvalue weighted by atomic mass is 127. The van der Waals surface area contributed by atoms with E-state index in [0.717, 1.165) is 0 Å². The van der Waals surface area contributed by atoms with Crippen molar-refractivity contribution >= 4 is 21.5 Å². The van der Waals surface area contributed by atoms with Crippen LogP contribution in [0.4, 0.5) is 0 Å². The Balaban J connectivity index is 2.99. The smallest absolute Gasteiger partial charge is 0.188 e. The van der Waals surface area contributed by atoms with E-state index in [-0.39, 0.29) is 0 Å². The quantitative estimate of drug-likeness (QED) is 0.650. The van der Waals surface area contributed by atoms with Crippen molar-refractivity contribution in [3.8, 4) is 0 Å². The van der Waals surface area contributed by atoms with Crippen LogP contribution in [-0.4, -0.2) is 0 Å². The van der Waals surface area contributed by atoms with E-state index in [1.807, 2.05) is 18.2 Å². The number of halogens is 1.